The molecule has 0 saturated carbocycles. The normalized spacial score (nSPS) is 10.1. The van der Waals surface area contributed by atoms with Crippen LogP contribution in [0.15, 0.2) is 54.6 Å². The number of ether oxygens (including phenoxy) is 2. The largest absolute Gasteiger partial charge is 0.494 e. The molecule has 0 aliphatic rings. The Morgan fingerprint density at radius 1 is 1.00 bits per heavy atom. The Kier molecular flexibility index (Phi) is 7.50. The molecule has 0 bridgehead atoms. The van der Waals surface area contributed by atoms with E-state index in [1.54, 1.807) is 24.3 Å². The molecule has 0 heterocycles. The van der Waals surface area contributed by atoms with Crippen molar-refractivity contribution in [3.8, 4) is 5.75 Å². The molecule has 0 radical (unpaired) electrons. The summed E-state index contributed by atoms with van der Waals surface area (Å²) in [5.41, 5.74) is 1.37. The average molecular weight is 341 g/mol. The van der Waals surface area contributed by atoms with Gasteiger partial charge in [0.2, 0.25) is 0 Å². The van der Waals surface area contributed by atoms with Gasteiger partial charge in [-0.1, -0.05) is 43.7 Å². The fourth-order valence-corrected chi connectivity index (χ4v) is 2.08. The van der Waals surface area contributed by atoms with Crippen LogP contribution in [0.4, 0.5) is 0 Å². The van der Waals surface area contributed by atoms with Crippen molar-refractivity contribution in [3.05, 3.63) is 65.7 Å². The fraction of sp³-hybridized carbons (Fsp3) is 0.300. The summed E-state index contributed by atoms with van der Waals surface area (Å²) in [5.74, 6) is -0.155. The van der Waals surface area contributed by atoms with E-state index in [4.69, 9.17) is 9.47 Å². The smallest absolute Gasteiger partial charge is 0.338 e. The highest BCUT2D eigenvalue weighted by Crippen LogP contribution is 2.13. The topological polar surface area (TPSA) is 64.6 Å². The molecule has 5 heteroatoms. The number of carbonyl (C=O) groups is 2. The number of carbonyl (C=O) groups excluding carboxylic acids is 2. The minimum Gasteiger partial charge on any atom is -0.494 e. The first-order valence-corrected chi connectivity index (χ1v) is 8.39. The number of unbranched alkanes of at least 4 members (excludes halogenated alkanes) is 1. The summed E-state index contributed by atoms with van der Waals surface area (Å²) in [4.78, 5) is 23.7. The van der Waals surface area contributed by atoms with E-state index >= 15 is 0 Å². The van der Waals surface area contributed by atoms with Crippen molar-refractivity contribution in [2.45, 2.75) is 26.3 Å². The summed E-state index contributed by atoms with van der Waals surface area (Å²) in [6.07, 6.45) is 2.05. The zero-order valence-electron chi connectivity index (χ0n) is 14.4. The van der Waals surface area contributed by atoms with E-state index in [0.717, 1.165) is 18.4 Å². The summed E-state index contributed by atoms with van der Waals surface area (Å²) < 4.78 is 10.6. The summed E-state index contributed by atoms with van der Waals surface area (Å²) in [5, 5.41) is 2.71. The molecule has 132 valence electrons. The average Bonchev–Trinajstić information content (AvgIpc) is 2.66. The molecule has 0 aliphatic carbocycles. The highest BCUT2D eigenvalue weighted by molar-refractivity contribution is 5.91. The van der Waals surface area contributed by atoms with Crippen molar-refractivity contribution in [1.82, 2.24) is 5.32 Å². The molecule has 1 amide bonds. The second-order valence-corrected chi connectivity index (χ2v) is 5.56. The maximum Gasteiger partial charge on any atom is 0.338 e. The van der Waals surface area contributed by atoms with Crippen molar-refractivity contribution < 1.29 is 19.1 Å². The van der Waals surface area contributed by atoms with Crippen molar-refractivity contribution in [2.75, 3.05) is 13.2 Å². The monoisotopic (exact) mass is 341 g/mol. The van der Waals surface area contributed by atoms with Crippen LogP contribution < -0.4 is 10.1 Å². The zero-order chi connectivity index (χ0) is 17.9. The van der Waals surface area contributed by atoms with Gasteiger partial charge in [-0.3, -0.25) is 4.79 Å². The van der Waals surface area contributed by atoms with E-state index in [1.165, 1.54) is 0 Å². The van der Waals surface area contributed by atoms with E-state index in [9.17, 15) is 9.59 Å². The first-order valence-electron chi connectivity index (χ1n) is 8.39. The first kappa shape index (κ1) is 18.5. The van der Waals surface area contributed by atoms with Crippen molar-refractivity contribution >= 4 is 11.9 Å². The Hall–Kier alpha value is -2.82. The lowest BCUT2D eigenvalue weighted by Crippen LogP contribution is -2.28. The SMILES string of the molecule is CCCCOc1ccc(C(=O)OCC(=O)NCc2ccccc2)cc1. The number of hydrogen-bond acceptors (Lipinski definition) is 4. The predicted molar refractivity (Wildman–Crippen MR) is 95.4 cm³/mol. The van der Waals surface area contributed by atoms with Crippen LogP contribution in [-0.4, -0.2) is 25.1 Å². The van der Waals surface area contributed by atoms with Crippen LogP contribution in [0.2, 0.25) is 0 Å². The third-order valence-electron chi connectivity index (χ3n) is 3.52. The molecule has 0 atom stereocenters. The molecule has 0 fully saturated rings. The van der Waals surface area contributed by atoms with Crippen LogP contribution >= 0.6 is 0 Å². The van der Waals surface area contributed by atoms with Gasteiger partial charge in [0, 0.05) is 6.54 Å². The van der Waals surface area contributed by atoms with Gasteiger partial charge in [0.05, 0.1) is 12.2 Å². The number of benzene rings is 2. The fourth-order valence-electron chi connectivity index (χ4n) is 2.08. The number of amides is 1. The maximum atomic E-state index is 12.0. The van der Waals surface area contributed by atoms with Gasteiger partial charge >= 0.3 is 5.97 Å². The second-order valence-electron chi connectivity index (χ2n) is 5.56. The van der Waals surface area contributed by atoms with Gasteiger partial charge in [-0.25, -0.2) is 4.79 Å². The van der Waals surface area contributed by atoms with E-state index in [2.05, 4.69) is 12.2 Å². The molecule has 0 aromatic heterocycles. The van der Waals surface area contributed by atoms with Crippen molar-refractivity contribution in [2.24, 2.45) is 0 Å². The summed E-state index contributed by atoms with van der Waals surface area (Å²) >= 11 is 0. The Bertz CT molecular complexity index is 668. The third-order valence-corrected chi connectivity index (χ3v) is 3.52. The molecule has 0 spiro atoms. The summed E-state index contributed by atoms with van der Waals surface area (Å²) in [7, 11) is 0. The van der Waals surface area contributed by atoms with Gasteiger partial charge in [0.1, 0.15) is 5.75 Å². The molecule has 2 aromatic rings. The molecule has 0 saturated heterocycles. The number of rotatable bonds is 9. The van der Waals surface area contributed by atoms with E-state index in [1.807, 2.05) is 30.3 Å². The molecule has 0 aliphatic heterocycles. The minimum absolute atomic E-state index is 0.305. The van der Waals surface area contributed by atoms with Gasteiger partial charge in [-0.05, 0) is 36.2 Å². The lowest BCUT2D eigenvalue weighted by Gasteiger charge is -2.08. The number of nitrogens with one attached hydrogen (secondary N) is 1. The summed E-state index contributed by atoms with van der Waals surface area (Å²) in [6.45, 7) is 2.85. The molecule has 1 N–H and O–H groups in total. The standard InChI is InChI=1S/C20H23NO4/c1-2-3-13-24-18-11-9-17(10-12-18)20(23)25-15-19(22)21-14-16-7-5-4-6-8-16/h4-12H,2-3,13-15H2,1H3,(H,21,22). The Morgan fingerprint density at radius 2 is 1.72 bits per heavy atom. The van der Waals surface area contributed by atoms with Crippen LogP contribution in [0.3, 0.4) is 0 Å². The molecule has 5 nitrogen and oxygen atoms in total. The van der Waals surface area contributed by atoms with Gasteiger partial charge in [0.25, 0.3) is 5.91 Å². The zero-order valence-corrected chi connectivity index (χ0v) is 14.4. The Labute approximate surface area is 148 Å². The highest BCUT2D eigenvalue weighted by Gasteiger charge is 2.10. The van der Waals surface area contributed by atoms with E-state index < -0.39 is 5.97 Å². The molecule has 2 aromatic carbocycles. The molecular formula is C20H23NO4. The van der Waals surface area contributed by atoms with Crippen LogP contribution in [-0.2, 0) is 16.1 Å². The van der Waals surface area contributed by atoms with E-state index in [0.29, 0.717) is 24.5 Å². The number of esters is 1. The minimum atomic E-state index is -0.532. The van der Waals surface area contributed by atoms with Gasteiger partial charge < -0.3 is 14.8 Å². The lowest BCUT2D eigenvalue weighted by atomic mass is 10.2. The van der Waals surface area contributed by atoms with Crippen LogP contribution in [0.25, 0.3) is 0 Å². The van der Waals surface area contributed by atoms with E-state index in [-0.39, 0.29) is 12.5 Å². The molecule has 2 rings (SSSR count). The van der Waals surface area contributed by atoms with Crippen LogP contribution in [0.5, 0.6) is 5.75 Å². The Morgan fingerprint density at radius 3 is 2.40 bits per heavy atom. The first-order chi connectivity index (χ1) is 12.2. The highest BCUT2D eigenvalue weighted by atomic mass is 16.5. The van der Waals surface area contributed by atoms with Crippen molar-refractivity contribution in [3.63, 3.8) is 0 Å². The van der Waals surface area contributed by atoms with Gasteiger partial charge in [0.15, 0.2) is 6.61 Å². The third kappa shape index (κ3) is 6.67. The lowest BCUT2D eigenvalue weighted by molar-refractivity contribution is -0.124. The molecule has 0 unspecified atom stereocenters. The molecule has 25 heavy (non-hydrogen) atoms. The second kappa shape index (κ2) is 10.1. The summed E-state index contributed by atoms with van der Waals surface area (Å²) in [6, 6.07) is 16.2. The van der Waals surface area contributed by atoms with Crippen molar-refractivity contribution in [1.29, 1.82) is 0 Å². The predicted octanol–water partition coefficient (Wildman–Crippen LogP) is 3.34. The number of hydrogen-bond donors (Lipinski definition) is 1. The Balaban J connectivity index is 1.72. The van der Waals surface area contributed by atoms with Gasteiger partial charge in [-0.2, -0.15) is 0 Å². The molecular weight excluding hydrogens is 318 g/mol. The maximum absolute atomic E-state index is 12.0. The van der Waals surface area contributed by atoms with Crippen LogP contribution in [0, 0.1) is 0 Å². The quantitative estimate of drug-likeness (QED) is 0.561. The van der Waals surface area contributed by atoms with Gasteiger partial charge in [-0.15, -0.1) is 0 Å². The van der Waals surface area contributed by atoms with Crippen LogP contribution in [0.1, 0.15) is 35.7 Å².